The molecule has 3 rings (SSSR count). The van der Waals surface area contributed by atoms with Crippen LogP contribution in [0.5, 0.6) is 5.75 Å². The highest BCUT2D eigenvalue weighted by Crippen LogP contribution is 2.54. The Hall–Kier alpha value is -3.78. The van der Waals surface area contributed by atoms with E-state index < -0.39 is 28.9 Å². The van der Waals surface area contributed by atoms with Crippen LogP contribution in [0.15, 0.2) is 48.5 Å². The molecule has 0 bridgehead atoms. The van der Waals surface area contributed by atoms with E-state index in [1.54, 1.807) is 6.07 Å². The lowest BCUT2D eigenvalue weighted by Crippen LogP contribution is -2.58. The molecule has 1 amide bonds. The number of carbonyl (C=O) groups excluding carboxylic acids is 2. The van der Waals surface area contributed by atoms with Crippen molar-refractivity contribution < 1.29 is 23.1 Å². The van der Waals surface area contributed by atoms with Crippen molar-refractivity contribution in [2.24, 2.45) is 5.92 Å². The highest BCUT2D eigenvalue weighted by atomic mass is 19.3. The number of amides is 1. The first kappa shape index (κ1) is 19.0. The zero-order chi connectivity index (χ0) is 20.5. The van der Waals surface area contributed by atoms with Crippen LogP contribution in [0, 0.1) is 28.6 Å². The van der Waals surface area contributed by atoms with Gasteiger partial charge in [0.2, 0.25) is 11.7 Å². The summed E-state index contributed by atoms with van der Waals surface area (Å²) in [5.41, 5.74) is -3.71. The van der Waals surface area contributed by atoms with E-state index in [-0.39, 0.29) is 22.6 Å². The van der Waals surface area contributed by atoms with Crippen molar-refractivity contribution in [3.63, 3.8) is 0 Å². The van der Waals surface area contributed by atoms with Crippen molar-refractivity contribution >= 4 is 17.4 Å². The SMILES string of the molecule is COc1ccc2c(c1)[C@@](C(C#N)C#N)(C(F)(F)C(=O)c1ccccc1)C(=O)N2. The lowest BCUT2D eigenvalue weighted by Gasteiger charge is -2.35. The predicted octanol–water partition coefficient (Wildman–Crippen LogP) is 3.07. The number of nitriles is 2. The number of Topliss-reactive ketones (excluding diaryl/α,β-unsaturated/α-hetero) is 1. The molecule has 1 aliphatic rings. The lowest BCUT2D eigenvalue weighted by atomic mass is 9.65. The van der Waals surface area contributed by atoms with E-state index in [0.29, 0.717) is 0 Å². The number of halogens is 2. The second-order valence-electron chi connectivity index (χ2n) is 6.13. The summed E-state index contributed by atoms with van der Waals surface area (Å²) in [5, 5.41) is 21.1. The monoisotopic (exact) mass is 381 g/mol. The fraction of sp³-hybridized carbons (Fsp3) is 0.200. The molecule has 0 spiro atoms. The van der Waals surface area contributed by atoms with Crippen LogP contribution < -0.4 is 10.1 Å². The van der Waals surface area contributed by atoms with Crippen LogP contribution >= 0.6 is 0 Å². The second-order valence-corrected chi connectivity index (χ2v) is 6.13. The van der Waals surface area contributed by atoms with E-state index in [9.17, 15) is 20.1 Å². The Kier molecular flexibility index (Phi) is 4.58. The molecule has 2 aromatic carbocycles. The average molecular weight is 381 g/mol. The molecule has 0 saturated carbocycles. The molecule has 28 heavy (non-hydrogen) atoms. The van der Waals surface area contributed by atoms with Gasteiger partial charge in [-0.25, -0.2) is 0 Å². The number of carbonyl (C=O) groups is 2. The Balaban J connectivity index is 2.33. The maximum absolute atomic E-state index is 15.7. The number of rotatable bonds is 5. The minimum Gasteiger partial charge on any atom is -0.497 e. The maximum atomic E-state index is 15.7. The summed E-state index contributed by atoms with van der Waals surface area (Å²) in [4.78, 5) is 25.5. The van der Waals surface area contributed by atoms with Gasteiger partial charge in [-0.15, -0.1) is 0 Å². The summed E-state index contributed by atoms with van der Waals surface area (Å²) < 4.78 is 36.4. The van der Waals surface area contributed by atoms with E-state index in [1.165, 1.54) is 55.6 Å². The number of ketones is 1. The highest BCUT2D eigenvalue weighted by Gasteiger charge is 2.71. The molecule has 6 nitrogen and oxygen atoms in total. The molecule has 140 valence electrons. The third kappa shape index (κ3) is 2.43. The van der Waals surface area contributed by atoms with E-state index in [2.05, 4.69) is 5.32 Å². The molecule has 1 aliphatic heterocycles. The van der Waals surface area contributed by atoms with Crippen molar-refractivity contribution in [2.45, 2.75) is 11.3 Å². The fourth-order valence-corrected chi connectivity index (χ4v) is 3.38. The van der Waals surface area contributed by atoms with E-state index in [1.807, 2.05) is 0 Å². The van der Waals surface area contributed by atoms with Crippen LogP contribution in [0.25, 0.3) is 0 Å². The number of alkyl halides is 2. The van der Waals surface area contributed by atoms with Gasteiger partial charge in [0.05, 0.1) is 19.2 Å². The molecule has 2 aromatic rings. The fourth-order valence-electron chi connectivity index (χ4n) is 3.38. The predicted molar refractivity (Wildman–Crippen MR) is 93.7 cm³/mol. The number of anilines is 1. The van der Waals surface area contributed by atoms with Crippen LogP contribution in [-0.4, -0.2) is 24.7 Å². The van der Waals surface area contributed by atoms with Crippen molar-refractivity contribution in [2.75, 3.05) is 12.4 Å². The number of hydrogen-bond acceptors (Lipinski definition) is 5. The summed E-state index contributed by atoms with van der Waals surface area (Å²) in [6, 6.07) is 13.5. The Morgan fingerprint density at radius 2 is 1.82 bits per heavy atom. The van der Waals surface area contributed by atoms with Gasteiger partial charge >= 0.3 is 5.92 Å². The van der Waals surface area contributed by atoms with Crippen molar-refractivity contribution in [1.29, 1.82) is 10.5 Å². The topological polar surface area (TPSA) is 103 Å². The first-order valence-corrected chi connectivity index (χ1v) is 8.11. The molecule has 0 aromatic heterocycles. The van der Waals surface area contributed by atoms with Gasteiger partial charge in [-0.1, -0.05) is 30.3 Å². The molecule has 0 fully saturated rings. The molecule has 1 N–H and O–H groups in total. The third-order valence-electron chi connectivity index (χ3n) is 4.77. The standard InChI is InChI=1S/C20H13F2N3O3/c1-28-14-7-8-16-15(9-14)19(18(27)25-16,13(10-23)11-24)20(21,22)17(26)12-5-3-2-4-6-12/h2-9,13H,1H3,(H,25,27)/t19-/m1/s1. The molecule has 1 heterocycles. The zero-order valence-corrected chi connectivity index (χ0v) is 14.6. The molecule has 0 saturated heterocycles. The van der Waals surface area contributed by atoms with Crippen LogP contribution in [0.1, 0.15) is 15.9 Å². The Morgan fingerprint density at radius 1 is 1.18 bits per heavy atom. The third-order valence-corrected chi connectivity index (χ3v) is 4.77. The maximum Gasteiger partial charge on any atom is 0.330 e. The Bertz CT molecular complexity index is 1030. The van der Waals surface area contributed by atoms with Gasteiger partial charge in [0.1, 0.15) is 5.75 Å². The number of benzene rings is 2. The van der Waals surface area contributed by atoms with E-state index in [0.717, 1.165) is 6.07 Å². The quantitative estimate of drug-likeness (QED) is 0.802. The summed E-state index contributed by atoms with van der Waals surface area (Å²) >= 11 is 0. The highest BCUT2D eigenvalue weighted by molar-refractivity contribution is 6.14. The van der Waals surface area contributed by atoms with Crippen LogP contribution in [0.4, 0.5) is 14.5 Å². The van der Waals surface area contributed by atoms with E-state index >= 15 is 8.78 Å². The average Bonchev–Trinajstić information content (AvgIpc) is 3.01. The zero-order valence-electron chi connectivity index (χ0n) is 14.6. The van der Waals surface area contributed by atoms with Crippen LogP contribution in [-0.2, 0) is 10.2 Å². The smallest absolute Gasteiger partial charge is 0.330 e. The largest absolute Gasteiger partial charge is 0.497 e. The molecular weight excluding hydrogens is 368 g/mol. The lowest BCUT2D eigenvalue weighted by molar-refractivity contribution is -0.134. The molecular formula is C20H13F2N3O3. The van der Waals surface area contributed by atoms with Gasteiger partial charge in [0.15, 0.2) is 11.3 Å². The van der Waals surface area contributed by atoms with Gasteiger partial charge in [-0.2, -0.15) is 19.3 Å². The van der Waals surface area contributed by atoms with Gasteiger partial charge in [0.25, 0.3) is 0 Å². The summed E-state index contributed by atoms with van der Waals surface area (Å²) in [6.07, 6.45) is 0. The number of nitrogens with one attached hydrogen (secondary N) is 1. The molecule has 0 radical (unpaired) electrons. The van der Waals surface area contributed by atoms with Crippen molar-refractivity contribution in [3.05, 3.63) is 59.7 Å². The normalized spacial score (nSPS) is 18.0. The number of nitrogens with zero attached hydrogens (tertiary/aromatic N) is 2. The number of ether oxygens (including phenoxy) is 1. The minimum atomic E-state index is -4.38. The molecule has 0 unspecified atom stereocenters. The van der Waals surface area contributed by atoms with Crippen LogP contribution in [0.2, 0.25) is 0 Å². The van der Waals surface area contributed by atoms with Gasteiger partial charge in [-0.3, -0.25) is 9.59 Å². The van der Waals surface area contributed by atoms with Crippen molar-refractivity contribution in [3.8, 4) is 17.9 Å². The Morgan fingerprint density at radius 3 is 2.39 bits per heavy atom. The van der Waals surface area contributed by atoms with Crippen molar-refractivity contribution in [1.82, 2.24) is 0 Å². The Labute approximate surface area is 159 Å². The van der Waals surface area contributed by atoms with Gasteiger partial charge in [0, 0.05) is 16.8 Å². The van der Waals surface area contributed by atoms with Crippen LogP contribution in [0.3, 0.4) is 0 Å². The second kappa shape index (κ2) is 6.75. The van der Waals surface area contributed by atoms with Gasteiger partial charge in [-0.05, 0) is 18.2 Å². The first-order chi connectivity index (χ1) is 13.3. The summed E-state index contributed by atoms with van der Waals surface area (Å²) in [5.74, 6) is -9.32. The molecule has 1 atom stereocenters. The summed E-state index contributed by atoms with van der Waals surface area (Å²) in [7, 11) is 1.30. The number of fused-ring (bicyclic) bond motifs is 1. The number of methoxy groups -OCH3 is 1. The summed E-state index contributed by atoms with van der Waals surface area (Å²) in [6.45, 7) is 0. The molecule has 0 aliphatic carbocycles. The molecule has 8 heteroatoms. The minimum absolute atomic E-state index is 0.0122. The van der Waals surface area contributed by atoms with Gasteiger partial charge < -0.3 is 10.1 Å². The van der Waals surface area contributed by atoms with E-state index in [4.69, 9.17) is 4.74 Å². The number of hydrogen-bond donors (Lipinski definition) is 1. The first-order valence-electron chi connectivity index (χ1n) is 8.11.